The molecule has 0 radical (unpaired) electrons. The van der Waals surface area contributed by atoms with Gasteiger partial charge in [-0.15, -0.1) is 0 Å². The highest BCUT2D eigenvalue weighted by atomic mass is 15.0. The summed E-state index contributed by atoms with van der Waals surface area (Å²) in [5.41, 5.74) is 1.78. The van der Waals surface area contributed by atoms with Gasteiger partial charge in [-0.05, 0) is 31.7 Å². The van der Waals surface area contributed by atoms with Gasteiger partial charge < -0.3 is 4.90 Å². The molecule has 2 heteroatoms. The Morgan fingerprint density at radius 3 is 2.27 bits per heavy atom. The molecule has 0 saturated heterocycles. The molecule has 60 valence electrons. The molecular weight excluding hydrogens is 136 g/mol. The van der Waals surface area contributed by atoms with Crippen molar-refractivity contribution in [2.75, 3.05) is 14.1 Å². The van der Waals surface area contributed by atoms with Crippen molar-refractivity contribution in [1.82, 2.24) is 4.90 Å². The molecule has 0 unspecified atom stereocenters. The van der Waals surface area contributed by atoms with Gasteiger partial charge in [0, 0.05) is 19.7 Å². The van der Waals surface area contributed by atoms with Gasteiger partial charge in [0.25, 0.3) is 0 Å². The van der Waals surface area contributed by atoms with E-state index in [1.807, 2.05) is 45.1 Å². The van der Waals surface area contributed by atoms with Gasteiger partial charge in [-0.2, -0.15) is 5.26 Å². The Bertz CT molecular complexity index is 216. The Kier molecular flexibility index (Phi) is 4.05. The number of hydrogen-bond donors (Lipinski definition) is 0. The number of rotatable bonds is 2. The zero-order chi connectivity index (χ0) is 8.85. The first-order chi connectivity index (χ1) is 5.07. The molecule has 0 aromatic rings. The minimum atomic E-state index is 0.767. The number of hydrogen-bond acceptors (Lipinski definition) is 2. The molecule has 0 atom stereocenters. The van der Waals surface area contributed by atoms with E-state index in [9.17, 15) is 0 Å². The third kappa shape index (κ3) is 4.21. The van der Waals surface area contributed by atoms with Crippen LogP contribution in [0, 0.1) is 11.3 Å². The molecular formula is C9H14N2. The Morgan fingerprint density at radius 2 is 1.91 bits per heavy atom. The number of allylic oxidation sites excluding steroid dienone is 3. The summed E-state index contributed by atoms with van der Waals surface area (Å²) in [5, 5.41) is 8.52. The van der Waals surface area contributed by atoms with Crippen molar-refractivity contribution in [3.8, 4) is 6.07 Å². The van der Waals surface area contributed by atoms with E-state index < -0.39 is 0 Å². The van der Waals surface area contributed by atoms with Crippen LogP contribution in [-0.2, 0) is 0 Å². The van der Waals surface area contributed by atoms with Gasteiger partial charge in [0.1, 0.15) is 0 Å². The maximum Gasteiger partial charge on any atom is 0.0946 e. The van der Waals surface area contributed by atoms with Gasteiger partial charge in [-0.3, -0.25) is 0 Å². The standard InChI is InChI=1S/C9H14N2/c1-8(9(2)7-10)5-6-11(3)4/h5-6H,1-4H3/b6-5+,9-8-. The van der Waals surface area contributed by atoms with Gasteiger partial charge in [-0.1, -0.05) is 0 Å². The maximum absolute atomic E-state index is 8.52. The third-order valence-corrected chi connectivity index (χ3v) is 1.38. The largest absolute Gasteiger partial charge is 0.383 e. The SMILES string of the molecule is C/C(C#N)=C(C)/C=C/N(C)C. The second kappa shape index (κ2) is 4.56. The summed E-state index contributed by atoms with van der Waals surface area (Å²) in [5.74, 6) is 0. The smallest absolute Gasteiger partial charge is 0.0946 e. The lowest BCUT2D eigenvalue weighted by Crippen LogP contribution is -2.00. The average molecular weight is 150 g/mol. The first-order valence-electron chi connectivity index (χ1n) is 3.50. The molecule has 0 saturated carbocycles. The monoisotopic (exact) mass is 150 g/mol. The molecule has 2 nitrogen and oxygen atoms in total. The lowest BCUT2D eigenvalue weighted by atomic mass is 10.2. The second-order valence-corrected chi connectivity index (χ2v) is 2.70. The highest BCUT2D eigenvalue weighted by molar-refractivity contribution is 5.31. The van der Waals surface area contributed by atoms with Crippen molar-refractivity contribution in [2.24, 2.45) is 0 Å². The van der Waals surface area contributed by atoms with Crippen molar-refractivity contribution in [2.45, 2.75) is 13.8 Å². The van der Waals surface area contributed by atoms with Crippen LogP contribution in [0.25, 0.3) is 0 Å². The van der Waals surface area contributed by atoms with Gasteiger partial charge in [-0.25, -0.2) is 0 Å². The molecule has 0 aromatic heterocycles. The lowest BCUT2D eigenvalue weighted by Gasteiger charge is -2.03. The highest BCUT2D eigenvalue weighted by Crippen LogP contribution is 2.02. The van der Waals surface area contributed by atoms with Crippen LogP contribution < -0.4 is 0 Å². The van der Waals surface area contributed by atoms with Crippen LogP contribution >= 0.6 is 0 Å². The summed E-state index contributed by atoms with van der Waals surface area (Å²) in [6.45, 7) is 3.74. The number of nitrogens with zero attached hydrogens (tertiary/aromatic N) is 2. The van der Waals surface area contributed by atoms with E-state index in [4.69, 9.17) is 5.26 Å². The molecule has 0 bridgehead atoms. The Balaban J connectivity index is 4.30. The summed E-state index contributed by atoms with van der Waals surface area (Å²) >= 11 is 0. The van der Waals surface area contributed by atoms with Gasteiger partial charge >= 0.3 is 0 Å². The molecule has 0 heterocycles. The molecule has 0 amide bonds. The summed E-state index contributed by atoms with van der Waals surface area (Å²) in [6.07, 6.45) is 3.86. The third-order valence-electron chi connectivity index (χ3n) is 1.38. The summed E-state index contributed by atoms with van der Waals surface area (Å²) in [6, 6.07) is 2.10. The molecule has 0 aliphatic heterocycles. The van der Waals surface area contributed by atoms with Crippen LogP contribution in [0.1, 0.15) is 13.8 Å². The molecule has 0 spiro atoms. The van der Waals surface area contributed by atoms with Crippen LogP contribution in [0.4, 0.5) is 0 Å². The zero-order valence-corrected chi connectivity index (χ0v) is 7.55. The van der Waals surface area contributed by atoms with E-state index in [1.54, 1.807) is 0 Å². The van der Waals surface area contributed by atoms with Crippen molar-refractivity contribution in [3.63, 3.8) is 0 Å². The molecule has 0 aliphatic carbocycles. The van der Waals surface area contributed by atoms with Crippen LogP contribution in [0.5, 0.6) is 0 Å². The van der Waals surface area contributed by atoms with E-state index in [0.717, 1.165) is 11.1 Å². The van der Waals surface area contributed by atoms with E-state index in [-0.39, 0.29) is 0 Å². The summed E-state index contributed by atoms with van der Waals surface area (Å²) < 4.78 is 0. The first kappa shape index (κ1) is 9.77. The molecule has 0 aliphatic rings. The maximum atomic E-state index is 8.52. The van der Waals surface area contributed by atoms with Crippen LogP contribution in [0.15, 0.2) is 23.4 Å². The van der Waals surface area contributed by atoms with Crippen molar-refractivity contribution in [1.29, 1.82) is 5.26 Å². The van der Waals surface area contributed by atoms with Gasteiger partial charge in [0.15, 0.2) is 0 Å². The van der Waals surface area contributed by atoms with E-state index >= 15 is 0 Å². The summed E-state index contributed by atoms with van der Waals surface area (Å²) in [7, 11) is 3.90. The van der Waals surface area contributed by atoms with E-state index in [0.29, 0.717) is 0 Å². The Labute approximate surface area is 68.4 Å². The molecule has 0 aromatic carbocycles. The van der Waals surface area contributed by atoms with Gasteiger partial charge in [0.05, 0.1) is 6.07 Å². The Morgan fingerprint density at radius 1 is 1.36 bits per heavy atom. The minimum absolute atomic E-state index is 0.767. The molecule has 0 N–H and O–H groups in total. The fourth-order valence-corrected chi connectivity index (χ4v) is 0.474. The predicted molar refractivity (Wildman–Crippen MR) is 46.8 cm³/mol. The topological polar surface area (TPSA) is 27.0 Å². The highest BCUT2D eigenvalue weighted by Gasteiger charge is 1.89. The normalized spacial score (nSPS) is 12.6. The van der Waals surface area contributed by atoms with Crippen molar-refractivity contribution in [3.05, 3.63) is 23.4 Å². The fourth-order valence-electron chi connectivity index (χ4n) is 0.474. The molecule has 0 fully saturated rings. The van der Waals surface area contributed by atoms with E-state index in [1.165, 1.54) is 0 Å². The molecule has 11 heavy (non-hydrogen) atoms. The minimum Gasteiger partial charge on any atom is -0.383 e. The van der Waals surface area contributed by atoms with Gasteiger partial charge in [0.2, 0.25) is 0 Å². The quantitative estimate of drug-likeness (QED) is 0.444. The van der Waals surface area contributed by atoms with Crippen molar-refractivity contribution >= 4 is 0 Å². The average Bonchev–Trinajstić information content (AvgIpc) is 1.98. The van der Waals surface area contributed by atoms with Crippen LogP contribution in [0.2, 0.25) is 0 Å². The number of nitriles is 1. The lowest BCUT2D eigenvalue weighted by molar-refractivity contribution is 0.563. The Hall–Kier alpha value is -1.23. The second-order valence-electron chi connectivity index (χ2n) is 2.70. The predicted octanol–water partition coefficient (Wildman–Crippen LogP) is 1.92. The van der Waals surface area contributed by atoms with E-state index in [2.05, 4.69) is 6.07 Å². The molecule has 0 rings (SSSR count). The van der Waals surface area contributed by atoms with Crippen molar-refractivity contribution < 1.29 is 0 Å². The first-order valence-corrected chi connectivity index (χ1v) is 3.50. The van der Waals surface area contributed by atoms with Crippen LogP contribution in [0.3, 0.4) is 0 Å². The van der Waals surface area contributed by atoms with Crippen LogP contribution in [-0.4, -0.2) is 19.0 Å². The fraction of sp³-hybridized carbons (Fsp3) is 0.444. The summed E-state index contributed by atoms with van der Waals surface area (Å²) in [4.78, 5) is 1.94. The zero-order valence-electron chi connectivity index (χ0n) is 7.55.